The average Bonchev–Trinajstić information content (AvgIpc) is 3.59. The first kappa shape index (κ1) is 26.1. The minimum absolute atomic E-state index is 0.0865. The summed E-state index contributed by atoms with van der Waals surface area (Å²) in [6.07, 6.45) is 2.76. The van der Waals surface area contributed by atoms with Crippen LogP contribution in [0.3, 0.4) is 0 Å². The Hall–Kier alpha value is -3.51. The van der Waals surface area contributed by atoms with Crippen LogP contribution in [0.5, 0.6) is 17.2 Å². The summed E-state index contributed by atoms with van der Waals surface area (Å²) in [5, 5.41) is 9.36. The highest BCUT2D eigenvalue weighted by Gasteiger charge is 2.57. The Kier molecular flexibility index (Phi) is 7.35. The van der Waals surface area contributed by atoms with Crippen molar-refractivity contribution in [1.29, 1.82) is 0 Å². The van der Waals surface area contributed by atoms with Gasteiger partial charge in [0.15, 0.2) is 0 Å². The van der Waals surface area contributed by atoms with Crippen molar-refractivity contribution in [3.63, 3.8) is 0 Å². The molecule has 1 aliphatic carbocycles. The van der Waals surface area contributed by atoms with Crippen molar-refractivity contribution in [2.75, 3.05) is 20.3 Å². The van der Waals surface area contributed by atoms with Gasteiger partial charge in [-0.05, 0) is 85.2 Å². The SMILES string of the molecule is COCCCOc1cc(C)c(-c2cccc(COc3ccc4c(c3)OC3(CC3)C4CC(=O)O)c2C)c(C)c1. The topological polar surface area (TPSA) is 74.2 Å². The van der Waals surface area contributed by atoms with Gasteiger partial charge in [-0.3, -0.25) is 4.79 Å². The summed E-state index contributed by atoms with van der Waals surface area (Å²) in [6.45, 7) is 8.15. The molecule has 0 radical (unpaired) electrons. The van der Waals surface area contributed by atoms with E-state index < -0.39 is 5.97 Å². The van der Waals surface area contributed by atoms with Crippen LogP contribution in [0.4, 0.5) is 0 Å². The molecule has 3 aromatic rings. The van der Waals surface area contributed by atoms with Crippen molar-refractivity contribution in [1.82, 2.24) is 0 Å². The molecule has 1 aliphatic heterocycles. The zero-order chi connectivity index (χ0) is 26.9. The Balaban J connectivity index is 1.31. The number of ether oxygens (including phenoxy) is 4. The largest absolute Gasteiger partial charge is 0.493 e. The highest BCUT2D eigenvalue weighted by atomic mass is 16.5. The molecule has 0 amide bonds. The molecule has 1 saturated carbocycles. The van der Waals surface area contributed by atoms with Crippen LogP contribution in [0.25, 0.3) is 11.1 Å². The molecule has 5 rings (SSSR count). The first-order valence-electron chi connectivity index (χ1n) is 13.3. The molecular formula is C32H36O6. The normalized spacial score (nSPS) is 16.7. The maximum atomic E-state index is 11.4. The highest BCUT2D eigenvalue weighted by Crippen LogP contribution is 2.59. The minimum Gasteiger partial charge on any atom is -0.493 e. The Morgan fingerprint density at radius 2 is 1.76 bits per heavy atom. The Morgan fingerprint density at radius 3 is 2.45 bits per heavy atom. The molecule has 1 unspecified atom stereocenters. The van der Waals surface area contributed by atoms with Gasteiger partial charge in [-0.1, -0.05) is 24.3 Å². The van der Waals surface area contributed by atoms with E-state index in [9.17, 15) is 9.90 Å². The van der Waals surface area contributed by atoms with Gasteiger partial charge in [0.1, 0.15) is 29.5 Å². The van der Waals surface area contributed by atoms with Gasteiger partial charge in [0, 0.05) is 37.7 Å². The fourth-order valence-corrected chi connectivity index (χ4v) is 5.70. The van der Waals surface area contributed by atoms with E-state index in [1.54, 1.807) is 7.11 Å². The van der Waals surface area contributed by atoms with Gasteiger partial charge in [-0.15, -0.1) is 0 Å². The number of rotatable bonds is 11. The van der Waals surface area contributed by atoms with E-state index in [1.807, 2.05) is 18.2 Å². The van der Waals surface area contributed by atoms with Gasteiger partial charge in [0.2, 0.25) is 0 Å². The van der Waals surface area contributed by atoms with Crippen LogP contribution < -0.4 is 14.2 Å². The van der Waals surface area contributed by atoms with E-state index >= 15 is 0 Å². The molecule has 1 heterocycles. The Bertz CT molecular complexity index is 1320. The van der Waals surface area contributed by atoms with Crippen LogP contribution in [0, 0.1) is 20.8 Å². The number of aryl methyl sites for hydroxylation is 2. The van der Waals surface area contributed by atoms with E-state index in [0.29, 0.717) is 19.8 Å². The molecule has 2 aliphatic rings. The van der Waals surface area contributed by atoms with Crippen molar-refractivity contribution in [2.24, 2.45) is 0 Å². The van der Waals surface area contributed by atoms with Crippen molar-refractivity contribution in [3.8, 4) is 28.4 Å². The van der Waals surface area contributed by atoms with E-state index in [1.165, 1.54) is 27.8 Å². The third-order valence-electron chi connectivity index (χ3n) is 7.81. The highest BCUT2D eigenvalue weighted by molar-refractivity contribution is 5.75. The minimum atomic E-state index is -0.789. The second-order valence-electron chi connectivity index (χ2n) is 10.5. The summed E-state index contributed by atoms with van der Waals surface area (Å²) < 4.78 is 23.5. The molecule has 1 spiro atoms. The molecule has 6 heteroatoms. The van der Waals surface area contributed by atoms with Crippen LogP contribution in [0.15, 0.2) is 48.5 Å². The standard InChI is InChI=1S/C32H36O6/c1-20-15-25(36-14-6-13-35-4)16-21(2)31(20)26-8-5-7-23(22(26)3)19-37-24-9-10-27-28(18-30(33)34)32(11-12-32)38-29(27)17-24/h5,7-10,15-17,28H,6,11-14,18-19H2,1-4H3,(H,33,34). The van der Waals surface area contributed by atoms with Crippen molar-refractivity contribution in [2.45, 2.75) is 64.6 Å². The molecule has 3 aromatic carbocycles. The number of methoxy groups -OCH3 is 1. The predicted molar refractivity (Wildman–Crippen MR) is 146 cm³/mol. The quantitative estimate of drug-likeness (QED) is 0.284. The summed E-state index contributed by atoms with van der Waals surface area (Å²) >= 11 is 0. The van der Waals surface area contributed by atoms with Gasteiger partial charge < -0.3 is 24.1 Å². The van der Waals surface area contributed by atoms with Crippen molar-refractivity contribution >= 4 is 5.97 Å². The van der Waals surface area contributed by atoms with Gasteiger partial charge in [0.05, 0.1) is 13.0 Å². The molecule has 1 atom stereocenters. The molecule has 1 N–H and O–H groups in total. The summed E-state index contributed by atoms with van der Waals surface area (Å²) in [5.41, 5.74) is 7.71. The predicted octanol–water partition coefficient (Wildman–Crippen LogP) is 6.76. The number of carboxylic acids is 1. The van der Waals surface area contributed by atoms with Crippen LogP contribution in [0.2, 0.25) is 0 Å². The van der Waals surface area contributed by atoms with Crippen LogP contribution in [-0.4, -0.2) is 37.0 Å². The van der Waals surface area contributed by atoms with Gasteiger partial charge in [0.25, 0.3) is 0 Å². The van der Waals surface area contributed by atoms with Gasteiger partial charge >= 0.3 is 5.97 Å². The van der Waals surface area contributed by atoms with Crippen LogP contribution in [0.1, 0.15) is 59.4 Å². The van der Waals surface area contributed by atoms with Gasteiger partial charge in [-0.25, -0.2) is 0 Å². The van der Waals surface area contributed by atoms with E-state index in [0.717, 1.165) is 47.6 Å². The number of benzene rings is 3. The number of hydrogen-bond acceptors (Lipinski definition) is 5. The molecular weight excluding hydrogens is 480 g/mol. The first-order valence-corrected chi connectivity index (χ1v) is 13.3. The zero-order valence-electron chi connectivity index (χ0n) is 22.6. The molecule has 0 aromatic heterocycles. The number of carboxylic acid groups (broad SMARTS) is 1. The second-order valence-corrected chi connectivity index (χ2v) is 10.5. The Labute approximate surface area is 224 Å². The van der Waals surface area contributed by atoms with E-state index in [2.05, 4.69) is 51.1 Å². The lowest BCUT2D eigenvalue weighted by Crippen LogP contribution is -2.22. The fraction of sp³-hybridized carbons (Fsp3) is 0.406. The second kappa shape index (κ2) is 10.7. The summed E-state index contributed by atoms with van der Waals surface area (Å²) in [6, 6.07) is 16.4. The lowest BCUT2D eigenvalue weighted by molar-refractivity contribution is -0.138. The molecule has 200 valence electrons. The molecule has 0 bridgehead atoms. The first-order chi connectivity index (χ1) is 18.3. The fourth-order valence-electron chi connectivity index (χ4n) is 5.70. The van der Waals surface area contributed by atoms with E-state index in [4.69, 9.17) is 18.9 Å². The zero-order valence-corrected chi connectivity index (χ0v) is 22.6. The third kappa shape index (κ3) is 5.23. The maximum Gasteiger partial charge on any atom is 0.304 e. The number of aliphatic carboxylic acids is 1. The maximum absolute atomic E-state index is 11.4. The summed E-state index contributed by atoms with van der Waals surface area (Å²) in [4.78, 5) is 11.4. The average molecular weight is 517 g/mol. The van der Waals surface area contributed by atoms with Crippen LogP contribution in [-0.2, 0) is 16.1 Å². The smallest absolute Gasteiger partial charge is 0.304 e. The third-order valence-corrected chi connectivity index (χ3v) is 7.81. The molecule has 6 nitrogen and oxygen atoms in total. The molecule has 1 fully saturated rings. The lowest BCUT2D eigenvalue weighted by Gasteiger charge is -2.18. The summed E-state index contributed by atoms with van der Waals surface area (Å²) in [5.74, 6) is 1.49. The van der Waals surface area contributed by atoms with E-state index in [-0.39, 0.29) is 17.9 Å². The van der Waals surface area contributed by atoms with Crippen molar-refractivity contribution in [3.05, 3.63) is 76.3 Å². The number of carbonyl (C=O) groups is 1. The lowest BCUT2D eigenvalue weighted by atomic mass is 9.90. The molecule has 38 heavy (non-hydrogen) atoms. The summed E-state index contributed by atoms with van der Waals surface area (Å²) in [7, 11) is 1.70. The number of hydrogen-bond donors (Lipinski definition) is 1. The van der Waals surface area contributed by atoms with Gasteiger partial charge in [-0.2, -0.15) is 0 Å². The van der Waals surface area contributed by atoms with Crippen LogP contribution >= 0.6 is 0 Å². The number of fused-ring (bicyclic) bond motifs is 1. The Morgan fingerprint density at radius 1 is 1.00 bits per heavy atom. The molecule has 0 saturated heterocycles. The monoisotopic (exact) mass is 516 g/mol. The van der Waals surface area contributed by atoms with Crippen molar-refractivity contribution < 1.29 is 28.8 Å².